The van der Waals surface area contributed by atoms with Gasteiger partial charge in [0.05, 0.1) is 35.6 Å². The van der Waals surface area contributed by atoms with Crippen LogP contribution >= 0.6 is 22.9 Å². The van der Waals surface area contributed by atoms with Crippen LogP contribution in [0.3, 0.4) is 0 Å². The molecule has 0 N–H and O–H groups in total. The molecule has 0 unspecified atom stereocenters. The molecule has 1 aliphatic rings. The number of aromatic nitrogens is 1. The third kappa shape index (κ3) is 5.96. The fourth-order valence-electron chi connectivity index (χ4n) is 4.58. The van der Waals surface area contributed by atoms with E-state index in [0.29, 0.717) is 49.3 Å². The Morgan fingerprint density at radius 1 is 1.12 bits per heavy atom. The number of fused-ring (bicyclic) bond motifs is 1. The molecule has 210 valence electrons. The Kier molecular flexibility index (Phi) is 8.37. The molecular formula is C31H26ClFN2O5S. The first-order valence-corrected chi connectivity index (χ1v) is 14.0. The smallest absolute Gasteiger partial charge is 0.338 e. The Labute approximate surface area is 244 Å². The van der Waals surface area contributed by atoms with Crippen molar-refractivity contribution in [2.45, 2.75) is 26.5 Å². The van der Waals surface area contributed by atoms with Crippen molar-refractivity contribution in [2.24, 2.45) is 4.99 Å². The van der Waals surface area contributed by atoms with E-state index in [9.17, 15) is 14.0 Å². The molecule has 4 aromatic rings. The molecule has 1 atom stereocenters. The van der Waals surface area contributed by atoms with Crippen molar-refractivity contribution in [2.75, 3.05) is 13.7 Å². The van der Waals surface area contributed by atoms with Crippen LogP contribution in [0, 0.1) is 5.82 Å². The minimum Gasteiger partial charge on any atom is -0.493 e. The van der Waals surface area contributed by atoms with E-state index in [4.69, 9.17) is 25.8 Å². The minimum atomic E-state index is -0.815. The Morgan fingerprint density at radius 2 is 1.90 bits per heavy atom. The number of carbonyl (C=O) groups is 1. The van der Waals surface area contributed by atoms with E-state index in [2.05, 4.69) is 4.99 Å². The highest BCUT2D eigenvalue weighted by molar-refractivity contribution is 7.07. The molecule has 10 heteroatoms. The Morgan fingerprint density at radius 3 is 2.61 bits per heavy atom. The first-order valence-electron chi connectivity index (χ1n) is 12.8. The summed E-state index contributed by atoms with van der Waals surface area (Å²) in [6.07, 6.45) is 1.73. The predicted molar refractivity (Wildman–Crippen MR) is 156 cm³/mol. The lowest BCUT2D eigenvalue weighted by Crippen LogP contribution is -2.39. The number of benzene rings is 3. The summed E-state index contributed by atoms with van der Waals surface area (Å²) in [5.41, 5.74) is 2.53. The van der Waals surface area contributed by atoms with Crippen LogP contribution in [-0.4, -0.2) is 24.3 Å². The van der Waals surface area contributed by atoms with Gasteiger partial charge in [0.25, 0.3) is 5.56 Å². The Balaban J connectivity index is 1.54. The fraction of sp³-hybridized carbons (Fsp3) is 0.194. The highest BCUT2D eigenvalue weighted by atomic mass is 35.5. The quantitative estimate of drug-likeness (QED) is 0.264. The van der Waals surface area contributed by atoms with Crippen molar-refractivity contribution in [1.29, 1.82) is 0 Å². The first-order chi connectivity index (χ1) is 19.8. The van der Waals surface area contributed by atoms with Crippen LogP contribution in [0.25, 0.3) is 6.08 Å². The summed E-state index contributed by atoms with van der Waals surface area (Å²) in [6.45, 7) is 3.88. The minimum absolute atomic E-state index is 0.164. The maximum absolute atomic E-state index is 13.8. The summed E-state index contributed by atoms with van der Waals surface area (Å²) in [4.78, 5) is 31.7. The van der Waals surface area contributed by atoms with Gasteiger partial charge in [-0.05, 0) is 73.0 Å². The number of carbonyl (C=O) groups excluding carboxylic acids is 1. The molecule has 0 saturated heterocycles. The summed E-state index contributed by atoms with van der Waals surface area (Å²) in [6, 6.07) is 17.7. The SMILES string of the molecule is CCOC(=O)C1=C(C)N=c2s/c(=C\c3ccc(OCc4cccc(Cl)c4)c(OC)c3)c(=O)n2[C@H]1c1ccc(F)cc1. The molecular weight excluding hydrogens is 567 g/mol. The number of thiazole rings is 1. The monoisotopic (exact) mass is 592 g/mol. The summed E-state index contributed by atoms with van der Waals surface area (Å²) < 4.78 is 32.4. The lowest BCUT2D eigenvalue weighted by Gasteiger charge is -2.24. The van der Waals surface area contributed by atoms with Crippen molar-refractivity contribution >= 4 is 35.0 Å². The lowest BCUT2D eigenvalue weighted by molar-refractivity contribution is -0.139. The fourth-order valence-corrected chi connectivity index (χ4v) is 5.84. The number of methoxy groups -OCH3 is 1. The number of esters is 1. The molecule has 0 fully saturated rings. The van der Waals surface area contributed by atoms with E-state index >= 15 is 0 Å². The molecule has 0 saturated carbocycles. The molecule has 1 aliphatic heterocycles. The van der Waals surface area contributed by atoms with Gasteiger partial charge in [0.2, 0.25) is 0 Å². The van der Waals surface area contributed by atoms with Crippen molar-refractivity contribution in [1.82, 2.24) is 4.57 Å². The third-order valence-electron chi connectivity index (χ3n) is 6.47. The largest absolute Gasteiger partial charge is 0.493 e. The van der Waals surface area contributed by atoms with Crippen LogP contribution in [0.1, 0.15) is 36.6 Å². The number of halogens is 2. The molecule has 0 bridgehead atoms. The molecule has 0 aliphatic carbocycles. The summed E-state index contributed by atoms with van der Waals surface area (Å²) >= 11 is 7.27. The second kappa shape index (κ2) is 12.1. The van der Waals surface area contributed by atoms with Gasteiger partial charge in [-0.15, -0.1) is 0 Å². The molecule has 0 spiro atoms. The standard InChI is InChI=1S/C31H26ClFN2O5S/c1-4-39-30(37)27-18(2)34-31-35(28(27)21-9-11-23(33)12-10-21)29(36)26(41-31)16-19-8-13-24(25(15-19)38-3)40-17-20-6-5-7-22(32)14-20/h5-16,28H,4,17H2,1-3H3/b26-16-/t28-/m0/s1. The maximum Gasteiger partial charge on any atom is 0.338 e. The predicted octanol–water partition coefficient (Wildman–Crippen LogP) is 5.18. The zero-order chi connectivity index (χ0) is 29.1. The average Bonchev–Trinajstić information content (AvgIpc) is 3.26. The van der Waals surface area contributed by atoms with Crippen LogP contribution in [0.2, 0.25) is 5.02 Å². The number of nitrogens with zero attached hydrogens (tertiary/aromatic N) is 2. The van der Waals surface area contributed by atoms with Gasteiger partial charge in [-0.1, -0.05) is 53.3 Å². The van der Waals surface area contributed by atoms with Gasteiger partial charge in [-0.25, -0.2) is 14.2 Å². The second-order valence-corrected chi connectivity index (χ2v) is 10.6. The van der Waals surface area contributed by atoms with Gasteiger partial charge in [-0.3, -0.25) is 9.36 Å². The summed E-state index contributed by atoms with van der Waals surface area (Å²) in [7, 11) is 1.54. The highest BCUT2D eigenvalue weighted by Crippen LogP contribution is 2.31. The Bertz CT molecular complexity index is 1830. The summed E-state index contributed by atoms with van der Waals surface area (Å²) in [5, 5.41) is 0.626. The highest BCUT2D eigenvalue weighted by Gasteiger charge is 2.33. The van der Waals surface area contributed by atoms with Gasteiger partial charge in [-0.2, -0.15) is 0 Å². The molecule has 1 aromatic heterocycles. The van der Waals surface area contributed by atoms with E-state index in [0.717, 1.165) is 5.56 Å². The van der Waals surface area contributed by atoms with Crippen LogP contribution in [-0.2, 0) is 16.1 Å². The van der Waals surface area contributed by atoms with Crippen molar-refractivity contribution < 1.29 is 23.4 Å². The topological polar surface area (TPSA) is 79.1 Å². The zero-order valence-corrected chi connectivity index (χ0v) is 24.1. The number of hydrogen-bond acceptors (Lipinski definition) is 7. The van der Waals surface area contributed by atoms with Crippen molar-refractivity contribution in [3.05, 3.63) is 125 Å². The van der Waals surface area contributed by atoms with E-state index in [1.54, 1.807) is 57.4 Å². The molecule has 3 aromatic carbocycles. The van der Waals surface area contributed by atoms with E-state index in [-0.39, 0.29) is 17.7 Å². The molecule has 7 nitrogen and oxygen atoms in total. The number of hydrogen-bond donors (Lipinski definition) is 0. The summed E-state index contributed by atoms with van der Waals surface area (Å²) in [5.74, 6) is 0.0409. The van der Waals surface area contributed by atoms with Crippen molar-refractivity contribution in [3.63, 3.8) is 0 Å². The molecule has 5 rings (SSSR count). The average molecular weight is 593 g/mol. The number of ether oxygens (including phenoxy) is 3. The van der Waals surface area contributed by atoms with Crippen LogP contribution in [0.15, 0.2) is 87.8 Å². The molecule has 0 amide bonds. The number of allylic oxidation sites excluding steroid dienone is 1. The van der Waals surface area contributed by atoms with E-state index in [1.165, 1.54) is 28.0 Å². The Hall–Kier alpha value is -4.21. The van der Waals surface area contributed by atoms with Crippen LogP contribution < -0.4 is 24.4 Å². The van der Waals surface area contributed by atoms with Gasteiger partial charge in [0, 0.05) is 5.02 Å². The van der Waals surface area contributed by atoms with Gasteiger partial charge in [0.1, 0.15) is 12.4 Å². The number of rotatable bonds is 8. The van der Waals surface area contributed by atoms with Gasteiger partial charge in [0.15, 0.2) is 16.3 Å². The van der Waals surface area contributed by atoms with E-state index < -0.39 is 17.8 Å². The first kappa shape index (κ1) is 28.3. The molecule has 2 heterocycles. The zero-order valence-electron chi connectivity index (χ0n) is 22.5. The second-order valence-electron chi connectivity index (χ2n) is 9.18. The normalized spacial score (nSPS) is 14.9. The molecule has 41 heavy (non-hydrogen) atoms. The maximum atomic E-state index is 13.8. The van der Waals surface area contributed by atoms with Crippen LogP contribution in [0.5, 0.6) is 11.5 Å². The molecule has 0 radical (unpaired) electrons. The van der Waals surface area contributed by atoms with Gasteiger partial charge >= 0.3 is 5.97 Å². The lowest BCUT2D eigenvalue weighted by atomic mass is 9.96. The van der Waals surface area contributed by atoms with Gasteiger partial charge < -0.3 is 14.2 Å². The van der Waals surface area contributed by atoms with E-state index in [1.807, 2.05) is 24.3 Å². The van der Waals surface area contributed by atoms with Crippen LogP contribution in [0.4, 0.5) is 4.39 Å². The third-order valence-corrected chi connectivity index (χ3v) is 7.69. The van der Waals surface area contributed by atoms with Crippen molar-refractivity contribution in [3.8, 4) is 11.5 Å².